The molecule has 0 atom stereocenters. The molecule has 0 spiro atoms. The number of nitrogen functional groups attached to an aromatic ring is 1. The van der Waals surface area contributed by atoms with E-state index in [9.17, 15) is 4.79 Å². The number of likely N-dealkylation sites (tertiary alicyclic amines) is 1. The van der Waals surface area contributed by atoms with Gasteiger partial charge in [0.15, 0.2) is 0 Å². The van der Waals surface area contributed by atoms with Crippen molar-refractivity contribution in [1.82, 2.24) is 4.98 Å². The molecule has 1 aromatic carbocycles. The van der Waals surface area contributed by atoms with Crippen LogP contribution in [-0.4, -0.2) is 30.8 Å². The Kier molecular flexibility index (Phi) is 6.53. The van der Waals surface area contributed by atoms with Crippen LogP contribution < -0.4 is 10.6 Å². The SMILES string of the molecule is CCOC(=O)[NH+]1CCC(=C2c3cc(N)c(Cl)c(Br)c3CCc3cc(Br)cnc32)CC1. The number of rotatable bonds is 1. The summed E-state index contributed by atoms with van der Waals surface area (Å²) in [5.74, 6) is 0. The van der Waals surface area contributed by atoms with Crippen LogP contribution in [0.5, 0.6) is 0 Å². The van der Waals surface area contributed by atoms with Crippen LogP contribution in [0.3, 0.4) is 0 Å². The second kappa shape index (κ2) is 8.99. The van der Waals surface area contributed by atoms with E-state index >= 15 is 0 Å². The summed E-state index contributed by atoms with van der Waals surface area (Å²) in [7, 11) is 0. The lowest BCUT2D eigenvalue weighted by atomic mass is 9.88. The number of alkyl carbamates (subject to hydrolysis) is 2. The van der Waals surface area contributed by atoms with Gasteiger partial charge in [-0.05, 0) is 86.0 Å². The lowest BCUT2D eigenvalue weighted by Crippen LogP contribution is -3.15. The lowest BCUT2D eigenvalue weighted by molar-refractivity contribution is -0.827. The van der Waals surface area contributed by atoms with Crippen molar-refractivity contribution in [3.63, 3.8) is 0 Å². The third-order valence-corrected chi connectivity index (χ3v) is 7.74. The van der Waals surface area contributed by atoms with E-state index in [0.717, 1.165) is 61.9 Å². The molecule has 0 radical (unpaired) electrons. The first-order chi connectivity index (χ1) is 14.4. The normalized spacial score (nSPS) is 18.5. The highest BCUT2D eigenvalue weighted by atomic mass is 79.9. The third-order valence-electron chi connectivity index (χ3n) is 5.79. The number of quaternary nitrogens is 1. The number of nitrogens with zero attached hydrogens (tertiary/aromatic N) is 1. The number of piperidine rings is 1. The van der Waals surface area contributed by atoms with Crippen LogP contribution in [0.15, 0.2) is 32.8 Å². The van der Waals surface area contributed by atoms with Crippen molar-refractivity contribution in [3.8, 4) is 0 Å². The average molecular weight is 557 g/mol. The predicted molar refractivity (Wildman–Crippen MR) is 126 cm³/mol. The summed E-state index contributed by atoms with van der Waals surface area (Å²) in [6.07, 6.45) is 5.00. The van der Waals surface area contributed by atoms with E-state index in [-0.39, 0.29) is 6.09 Å². The van der Waals surface area contributed by atoms with Crippen LogP contribution in [0.1, 0.15) is 42.1 Å². The van der Waals surface area contributed by atoms with Gasteiger partial charge in [0.2, 0.25) is 0 Å². The van der Waals surface area contributed by atoms with Gasteiger partial charge in [0.1, 0.15) is 0 Å². The Hall–Kier alpha value is -1.41. The van der Waals surface area contributed by atoms with Gasteiger partial charge in [0.25, 0.3) is 0 Å². The van der Waals surface area contributed by atoms with Gasteiger partial charge >= 0.3 is 6.09 Å². The second-order valence-corrected chi connectivity index (χ2v) is 9.67. The molecule has 1 aliphatic carbocycles. The Morgan fingerprint density at radius 2 is 1.97 bits per heavy atom. The number of hydrogen-bond acceptors (Lipinski definition) is 4. The molecule has 158 valence electrons. The summed E-state index contributed by atoms with van der Waals surface area (Å²) in [6, 6.07) is 4.13. The molecule has 0 unspecified atom stereocenters. The number of carbonyl (C=O) groups is 1. The summed E-state index contributed by atoms with van der Waals surface area (Å²) in [6.45, 7) is 3.67. The first kappa shape index (κ1) is 21.8. The van der Waals surface area contributed by atoms with Gasteiger partial charge in [-0.1, -0.05) is 11.6 Å². The minimum absolute atomic E-state index is 0.163. The minimum atomic E-state index is -0.163. The summed E-state index contributed by atoms with van der Waals surface area (Å²) in [4.78, 5) is 17.8. The smallest absolute Gasteiger partial charge is 0.420 e. The summed E-state index contributed by atoms with van der Waals surface area (Å²) in [5, 5.41) is 0.555. The second-order valence-electron chi connectivity index (χ2n) is 7.58. The van der Waals surface area contributed by atoms with Crippen LogP contribution in [0, 0.1) is 0 Å². The molecule has 30 heavy (non-hydrogen) atoms. The van der Waals surface area contributed by atoms with Crippen molar-refractivity contribution in [2.24, 2.45) is 0 Å². The number of pyridine rings is 1. The zero-order valence-corrected chi connectivity index (χ0v) is 20.6. The number of anilines is 1. The fourth-order valence-corrected chi connectivity index (χ4v) is 5.52. The van der Waals surface area contributed by atoms with E-state index in [4.69, 9.17) is 27.1 Å². The van der Waals surface area contributed by atoms with Gasteiger partial charge < -0.3 is 10.5 Å². The lowest BCUT2D eigenvalue weighted by Gasteiger charge is -2.25. The molecule has 2 aromatic rings. The Bertz CT molecular complexity index is 1050. The molecule has 5 nitrogen and oxygen atoms in total. The number of hydrogen-bond donors (Lipinski definition) is 2. The number of aryl methyl sites for hydroxylation is 1. The van der Waals surface area contributed by atoms with Crippen molar-refractivity contribution in [2.45, 2.75) is 32.6 Å². The molecule has 2 aliphatic rings. The maximum atomic E-state index is 12.2. The van der Waals surface area contributed by atoms with Crippen LogP contribution in [-0.2, 0) is 17.6 Å². The zero-order valence-electron chi connectivity index (χ0n) is 16.7. The van der Waals surface area contributed by atoms with Crippen molar-refractivity contribution in [3.05, 3.63) is 60.3 Å². The number of aromatic nitrogens is 1. The number of carbonyl (C=O) groups excluding carboxylic acids is 1. The molecule has 1 aromatic heterocycles. The van der Waals surface area contributed by atoms with Crippen molar-refractivity contribution < 1.29 is 14.4 Å². The van der Waals surface area contributed by atoms with Crippen molar-refractivity contribution >= 4 is 60.8 Å². The standard InChI is InChI=1S/C22H22Br2ClN3O2/c1-2-30-22(29)28-7-5-12(6-8-28)18-16-10-17(26)20(25)19(24)15(16)4-3-13-9-14(23)11-27-21(13)18/h9-11H,2-8,26H2,1H3/p+1. The average Bonchev–Trinajstić information content (AvgIpc) is 2.89. The van der Waals surface area contributed by atoms with Crippen LogP contribution in [0.25, 0.3) is 5.57 Å². The van der Waals surface area contributed by atoms with E-state index in [2.05, 4.69) is 37.9 Å². The highest BCUT2D eigenvalue weighted by molar-refractivity contribution is 9.10. The Labute approximate surface area is 197 Å². The van der Waals surface area contributed by atoms with Crippen molar-refractivity contribution in [1.29, 1.82) is 0 Å². The summed E-state index contributed by atoms with van der Waals surface area (Å²) < 4.78 is 7.03. The highest BCUT2D eigenvalue weighted by Crippen LogP contribution is 2.43. The number of halogens is 3. The number of amides is 1. The highest BCUT2D eigenvalue weighted by Gasteiger charge is 2.31. The molecule has 1 aliphatic heterocycles. The molecular formula is C22H23Br2ClN3O2+. The molecule has 0 bridgehead atoms. The Morgan fingerprint density at radius 3 is 2.67 bits per heavy atom. The third kappa shape index (κ3) is 4.05. The van der Waals surface area contributed by atoms with E-state index in [0.29, 0.717) is 30.4 Å². The van der Waals surface area contributed by atoms with Crippen LogP contribution in [0.2, 0.25) is 5.02 Å². The molecule has 0 saturated carbocycles. The number of benzene rings is 1. The molecule has 1 fully saturated rings. The van der Waals surface area contributed by atoms with Gasteiger partial charge in [-0.15, -0.1) is 0 Å². The molecule has 2 heterocycles. The minimum Gasteiger partial charge on any atom is -0.420 e. The van der Waals surface area contributed by atoms with Crippen LogP contribution >= 0.6 is 43.5 Å². The number of nitrogens with one attached hydrogen (secondary N) is 1. The molecular weight excluding hydrogens is 534 g/mol. The van der Waals surface area contributed by atoms with E-state index in [1.54, 1.807) is 0 Å². The van der Waals surface area contributed by atoms with E-state index in [1.165, 1.54) is 11.1 Å². The summed E-state index contributed by atoms with van der Waals surface area (Å²) >= 11 is 13.7. The van der Waals surface area contributed by atoms with Gasteiger partial charge in [-0.2, -0.15) is 4.79 Å². The van der Waals surface area contributed by atoms with Crippen molar-refractivity contribution in [2.75, 3.05) is 25.4 Å². The van der Waals surface area contributed by atoms with E-state index in [1.807, 2.05) is 19.2 Å². The topological polar surface area (TPSA) is 69.7 Å². The fraction of sp³-hybridized carbons (Fsp3) is 0.364. The largest absolute Gasteiger partial charge is 0.514 e. The fourth-order valence-electron chi connectivity index (χ4n) is 4.33. The first-order valence-corrected chi connectivity index (χ1v) is 12.0. The van der Waals surface area contributed by atoms with Crippen LogP contribution in [0.4, 0.5) is 10.5 Å². The number of ether oxygens (including phenoxy) is 1. The zero-order chi connectivity index (χ0) is 21.4. The maximum absolute atomic E-state index is 12.2. The molecule has 1 saturated heterocycles. The molecule has 1 amide bonds. The van der Waals surface area contributed by atoms with E-state index < -0.39 is 0 Å². The Morgan fingerprint density at radius 1 is 1.23 bits per heavy atom. The maximum Gasteiger partial charge on any atom is 0.514 e. The predicted octanol–water partition coefficient (Wildman–Crippen LogP) is 4.58. The quantitative estimate of drug-likeness (QED) is 0.505. The van der Waals surface area contributed by atoms with Gasteiger partial charge in [0, 0.05) is 33.6 Å². The molecule has 4 rings (SSSR count). The first-order valence-electron chi connectivity index (χ1n) is 10.1. The van der Waals surface area contributed by atoms with Gasteiger partial charge in [-0.3, -0.25) is 4.98 Å². The number of nitrogens with two attached hydrogens (primary N) is 1. The van der Waals surface area contributed by atoms with Gasteiger partial charge in [0.05, 0.1) is 36.1 Å². The number of fused-ring (bicyclic) bond motifs is 2. The monoisotopic (exact) mass is 554 g/mol. The molecule has 8 heteroatoms. The summed E-state index contributed by atoms with van der Waals surface area (Å²) in [5.41, 5.74) is 13.7. The molecule has 3 N–H and O–H groups in total. The Balaban J connectivity index is 1.84. The van der Waals surface area contributed by atoms with Gasteiger partial charge in [-0.25, -0.2) is 4.90 Å².